The third-order valence-corrected chi connectivity index (χ3v) is 3.85. The molecule has 0 spiro atoms. The Hall–Kier alpha value is -2.21. The summed E-state index contributed by atoms with van der Waals surface area (Å²) in [6.07, 6.45) is 0. The van der Waals surface area contributed by atoms with Crippen LogP contribution in [-0.4, -0.2) is 18.1 Å². The summed E-state index contributed by atoms with van der Waals surface area (Å²) in [6, 6.07) is 4.03. The molecule has 4 nitrogen and oxygen atoms in total. The zero-order valence-electron chi connectivity index (χ0n) is 9.82. The molecule has 1 aromatic carbocycles. The van der Waals surface area contributed by atoms with Crippen molar-refractivity contribution in [1.82, 2.24) is 4.98 Å². The number of thiophene rings is 1. The number of rotatable bonds is 1. The Morgan fingerprint density at radius 1 is 1.37 bits per heavy atom. The zero-order chi connectivity index (χ0) is 13.6. The van der Waals surface area contributed by atoms with E-state index < -0.39 is 11.8 Å². The van der Waals surface area contributed by atoms with Crippen LogP contribution in [-0.2, 0) is 4.74 Å². The Morgan fingerprint density at radius 2 is 2.16 bits per heavy atom. The number of esters is 1. The molecular formula is C13H8FNO3S. The van der Waals surface area contributed by atoms with Gasteiger partial charge < -0.3 is 9.72 Å². The van der Waals surface area contributed by atoms with E-state index in [0.717, 1.165) is 6.07 Å². The first kappa shape index (κ1) is 11.9. The van der Waals surface area contributed by atoms with Gasteiger partial charge in [-0.3, -0.25) is 4.79 Å². The zero-order valence-corrected chi connectivity index (χ0v) is 10.6. The number of nitrogens with one attached hydrogen (secondary N) is 1. The van der Waals surface area contributed by atoms with Gasteiger partial charge in [0.1, 0.15) is 5.82 Å². The third-order valence-electron chi connectivity index (χ3n) is 2.90. The summed E-state index contributed by atoms with van der Waals surface area (Å²) >= 11 is 1.33. The van der Waals surface area contributed by atoms with E-state index in [1.165, 1.54) is 24.5 Å². The van der Waals surface area contributed by atoms with Crippen molar-refractivity contribution in [2.75, 3.05) is 7.11 Å². The van der Waals surface area contributed by atoms with Crippen LogP contribution in [0.25, 0.3) is 21.0 Å². The lowest BCUT2D eigenvalue weighted by Crippen LogP contribution is -2.10. The second-order valence-corrected chi connectivity index (χ2v) is 4.90. The summed E-state index contributed by atoms with van der Waals surface area (Å²) in [5, 5.41) is 2.74. The van der Waals surface area contributed by atoms with Crippen LogP contribution in [0.4, 0.5) is 4.39 Å². The minimum absolute atomic E-state index is 0.0184. The van der Waals surface area contributed by atoms with Gasteiger partial charge in [-0.1, -0.05) is 0 Å². The summed E-state index contributed by atoms with van der Waals surface area (Å²) in [5.74, 6) is -1.23. The molecule has 0 aliphatic rings. The van der Waals surface area contributed by atoms with Crippen LogP contribution >= 0.6 is 11.3 Å². The molecule has 0 atom stereocenters. The van der Waals surface area contributed by atoms with Gasteiger partial charge in [-0.2, -0.15) is 0 Å². The Balaban J connectivity index is 2.55. The number of hydrogen-bond acceptors (Lipinski definition) is 4. The Bertz CT molecular complexity index is 865. The van der Waals surface area contributed by atoms with Crippen molar-refractivity contribution in [3.63, 3.8) is 0 Å². The molecule has 3 rings (SSSR count). The molecule has 0 unspecified atom stereocenters. The smallest absolute Gasteiger partial charge is 0.340 e. The summed E-state index contributed by atoms with van der Waals surface area (Å²) in [6.45, 7) is 0. The van der Waals surface area contributed by atoms with E-state index >= 15 is 0 Å². The quantitative estimate of drug-likeness (QED) is 0.696. The van der Waals surface area contributed by atoms with Gasteiger partial charge in [-0.05, 0) is 23.6 Å². The average molecular weight is 277 g/mol. The lowest BCUT2D eigenvalue weighted by Gasteiger charge is -2.06. The van der Waals surface area contributed by atoms with Crippen molar-refractivity contribution in [3.8, 4) is 0 Å². The molecule has 0 aliphatic carbocycles. The van der Waals surface area contributed by atoms with Crippen LogP contribution in [0.2, 0.25) is 0 Å². The molecule has 0 radical (unpaired) electrons. The SMILES string of the molecule is COC(=O)c1cc(F)cc2c1[nH]c(=O)c1ccsc12. The number of aromatic nitrogens is 1. The molecule has 0 fully saturated rings. The monoisotopic (exact) mass is 277 g/mol. The van der Waals surface area contributed by atoms with Crippen molar-refractivity contribution in [2.24, 2.45) is 0 Å². The molecule has 1 N–H and O–H groups in total. The fourth-order valence-electron chi connectivity index (χ4n) is 2.07. The molecule has 0 saturated carbocycles. The fourth-order valence-corrected chi connectivity index (χ4v) is 2.98. The van der Waals surface area contributed by atoms with Crippen molar-refractivity contribution < 1.29 is 13.9 Å². The molecule has 2 aromatic heterocycles. The Morgan fingerprint density at radius 3 is 2.89 bits per heavy atom. The van der Waals surface area contributed by atoms with Crippen LogP contribution in [0.1, 0.15) is 10.4 Å². The summed E-state index contributed by atoms with van der Waals surface area (Å²) in [4.78, 5) is 26.2. The predicted octanol–water partition coefficient (Wildman–Crippen LogP) is 2.67. The molecule has 96 valence electrons. The fraction of sp³-hybridized carbons (Fsp3) is 0.0769. The summed E-state index contributed by atoms with van der Waals surface area (Å²) in [5.41, 5.74) is 0.0126. The van der Waals surface area contributed by atoms with Gasteiger partial charge in [0.15, 0.2) is 0 Å². The van der Waals surface area contributed by atoms with Crippen LogP contribution in [0, 0.1) is 5.82 Å². The third kappa shape index (κ3) is 1.72. The lowest BCUT2D eigenvalue weighted by molar-refractivity contribution is 0.0602. The number of ether oxygens (including phenoxy) is 1. The highest BCUT2D eigenvalue weighted by atomic mass is 32.1. The van der Waals surface area contributed by atoms with E-state index in [0.29, 0.717) is 21.0 Å². The van der Waals surface area contributed by atoms with Crippen LogP contribution in [0.5, 0.6) is 0 Å². The maximum Gasteiger partial charge on any atom is 0.340 e. The molecular weight excluding hydrogens is 269 g/mol. The van der Waals surface area contributed by atoms with Crippen LogP contribution in [0.3, 0.4) is 0 Å². The highest BCUT2D eigenvalue weighted by Crippen LogP contribution is 2.28. The first-order valence-electron chi connectivity index (χ1n) is 5.43. The van der Waals surface area contributed by atoms with Crippen molar-refractivity contribution >= 4 is 38.3 Å². The second-order valence-electron chi connectivity index (χ2n) is 3.99. The second kappa shape index (κ2) is 4.17. The molecule has 0 bridgehead atoms. The minimum Gasteiger partial charge on any atom is -0.465 e. The number of fused-ring (bicyclic) bond motifs is 3. The first-order valence-corrected chi connectivity index (χ1v) is 6.31. The normalized spacial score (nSPS) is 11.1. The van der Waals surface area contributed by atoms with E-state index in [9.17, 15) is 14.0 Å². The first-order chi connectivity index (χ1) is 9.11. The molecule has 0 aliphatic heterocycles. The summed E-state index contributed by atoms with van der Waals surface area (Å²) in [7, 11) is 1.21. The van der Waals surface area contributed by atoms with Gasteiger partial charge in [0, 0.05) is 10.1 Å². The van der Waals surface area contributed by atoms with E-state index in [1.807, 2.05) is 0 Å². The highest BCUT2D eigenvalue weighted by molar-refractivity contribution is 7.18. The number of hydrogen-bond donors (Lipinski definition) is 1. The van der Waals surface area contributed by atoms with E-state index in [2.05, 4.69) is 9.72 Å². The van der Waals surface area contributed by atoms with Gasteiger partial charge in [0.2, 0.25) is 0 Å². The molecule has 6 heteroatoms. The number of methoxy groups -OCH3 is 1. The molecule has 3 aromatic rings. The standard InChI is InChI=1S/C13H8FNO3S/c1-18-13(17)9-5-6(14)4-8-10(9)15-12(16)7-2-3-19-11(7)8/h2-5H,1H3,(H,15,16). The lowest BCUT2D eigenvalue weighted by atomic mass is 10.1. The van der Waals surface area contributed by atoms with Gasteiger partial charge >= 0.3 is 5.97 Å². The minimum atomic E-state index is -0.684. The number of carbonyl (C=O) groups excluding carboxylic acids is 1. The number of carbonyl (C=O) groups is 1. The molecule has 19 heavy (non-hydrogen) atoms. The average Bonchev–Trinajstić information content (AvgIpc) is 2.88. The van der Waals surface area contributed by atoms with E-state index in [1.54, 1.807) is 11.4 Å². The number of halogens is 1. The predicted molar refractivity (Wildman–Crippen MR) is 71.2 cm³/mol. The number of aromatic amines is 1. The Kier molecular flexibility index (Phi) is 2.60. The van der Waals surface area contributed by atoms with Gasteiger partial charge in [-0.15, -0.1) is 11.3 Å². The van der Waals surface area contributed by atoms with Crippen molar-refractivity contribution in [1.29, 1.82) is 0 Å². The van der Waals surface area contributed by atoms with E-state index in [-0.39, 0.29) is 11.1 Å². The highest BCUT2D eigenvalue weighted by Gasteiger charge is 2.16. The topological polar surface area (TPSA) is 59.2 Å². The maximum absolute atomic E-state index is 13.6. The van der Waals surface area contributed by atoms with E-state index in [4.69, 9.17) is 0 Å². The Labute approximate surface area is 110 Å². The van der Waals surface area contributed by atoms with Crippen molar-refractivity contribution in [2.45, 2.75) is 0 Å². The molecule has 0 amide bonds. The number of H-pyrrole nitrogens is 1. The number of pyridine rings is 1. The van der Waals surface area contributed by atoms with Gasteiger partial charge in [0.05, 0.1) is 23.6 Å². The largest absolute Gasteiger partial charge is 0.465 e. The molecule has 0 saturated heterocycles. The van der Waals surface area contributed by atoms with Gasteiger partial charge in [-0.25, -0.2) is 9.18 Å². The maximum atomic E-state index is 13.6. The van der Waals surface area contributed by atoms with Gasteiger partial charge in [0.25, 0.3) is 5.56 Å². The summed E-state index contributed by atoms with van der Waals surface area (Å²) < 4.78 is 18.9. The molecule has 2 heterocycles. The van der Waals surface area contributed by atoms with Crippen molar-refractivity contribution in [3.05, 3.63) is 45.3 Å². The number of benzene rings is 1. The van der Waals surface area contributed by atoms with Crippen LogP contribution in [0.15, 0.2) is 28.4 Å². The van der Waals surface area contributed by atoms with Crippen LogP contribution < -0.4 is 5.56 Å².